The largest absolute Gasteiger partial charge is 0.493 e. The predicted molar refractivity (Wildman–Crippen MR) is 132 cm³/mol. The molecule has 166 valence electrons. The van der Waals surface area contributed by atoms with E-state index in [1.807, 2.05) is 18.2 Å². The topological polar surface area (TPSA) is 72.1 Å². The van der Waals surface area contributed by atoms with Gasteiger partial charge in [0.15, 0.2) is 17.5 Å². The van der Waals surface area contributed by atoms with Crippen molar-refractivity contribution in [2.75, 3.05) is 40.4 Å². The molecule has 0 saturated carbocycles. The molecule has 2 rings (SSSR count). The van der Waals surface area contributed by atoms with Gasteiger partial charge in [-0.1, -0.05) is 26.8 Å². The van der Waals surface area contributed by atoms with Crippen molar-refractivity contribution in [3.63, 3.8) is 0 Å². The van der Waals surface area contributed by atoms with E-state index in [0.29, 0.717) is 17.9 Å². The minimum atomic E-state index is 0. The fourth-order valence-electron chi connectivity index (χ4n) is 3.73. The van der Waals surface area contributed by atoms with Gasteiger partial charge in [0.05, 0.1) is 20.8 Å². The van der Waals surface area contributed by atoms with E-state index in [4.69, 9.17) is 15.2 Å². The highest BCUT2D eigenvalue weighted by atomic mass is 127. The molecule has 1 unspecified atom stereocenters. The Kier molecular flexibility index (Phi) is 11.7. The lowest BCUT2D eigenvalue weighted by Crippen LogP contribution is -2.46. The summed E-state index contributed by atoms with van der Waals surface area (Å²) < 4.78 is 10.6. The van der Waals surface area contributed by atoms with Crippen LogP contribution in [0.15, 0.2) is 23.2 Å². The molecule has 0 bridgehead atoms. The van der Waals surface area contributed by atoms with E-state index in [2.05, 4.69) is 36.0 Å². The number of nitrogens with one attached hydrogen (secondary N) is 1. The summed E-state index contributed by atoms with van der Waals surface area (Å²) in [5.74, 6) is 3.42. The molecule has 1 heterocycles. The zero-order valence-corrected chi connectivity index (χ0v) is 20.9. The highest BCUT2D eigenvalue weighted by Crippen LogP contribution is 2.27. The average molecular weight is 518 g/mol. The molecule has 1 aromatic rings. The summed E-state index contributed by atoms with van der Waals surface area (Å²) in [5.41, 5.74) is 7.28. The number of hydrogen-bond acceptors (Lipinski definition) is 4. The number of benzene rings is 1. The van der Waals surface area contributed by atoms with Crippen LogP contribution in [0, 0.1) is 11.8 Å². The monoisotopic (exact) mass is 518 g/mol. The number of ether oxygens (including phenoxy) is 2. The molecule has 1 atom stereocenters. The number of aliphatic imine (C=N–C) groups is 1. The van der Waals surface area contributed by atoms with Gasteiger partial charge in [0.1, 0.15) is 0 Å². The second-order valence-corrected chi connectivity index (χ2v) is 8.12. The van der Waals surface area contributed by atoms with Crippen LogP contribution in [0.1, 0.15) is 39.2 Å². The molecular formula is C22H39IN4O2. The van der Waals surface area contributed by atoms with E-state index >= 15 is 0 Å². The molecule has 0 aliphatic carbocycles. The molecule has 1 aliphatic rings. The highest BCUT2D eigenvalue weighted by molar-refractivity contribution is 14.0. The smallest absolute Gasteiger partial charge is 0.188 e. The molecule has 0 spiro atoms. The summed E-state index contributed by atoms with van der Waals surface area (Å²) in [7, 11) is 3.30. The van der Waals surface area contributed by atoms with Crippen LogP contribution in [0.5, 0.6) is 11.5 Å². The van der Waals surface area contributed by atoms with Gasteiger partial charge in [-0.2, -0.15) is 0 Å². The molecule has 0 radical (unpaired) electrons. The van der Waals surface area contributed by atoms with Gasteiger partial charge in [0, 0.05) is 12.6 Å². The third kappa shape index (κ3) is 8.20. The minimum Gasteiger partial charge on any atom is -0.493 e. The van der Waals surface area contributed by atoms with Crippen molar-refractivity contribution >= 4 is 29.9 Å². The van der Waals surface area contributed by atoms with Crippen LogP contribution in [0.25, 0.3) is 0 Å². The van der Waals surface area contributed by atoms with Crippen LogP contribution < -0.4 is 20.5 Å². The molecule has 6 nitrogen and oxygen atoms in total. The number of guanidine groups is 1. The van der Waals surface area contributed by atoms with Crippen molar-refractivity contribution in [1.29, 1.82) is 0 Å². The van der Waals surface area contributed by atoms with Gasteiger partial charge in [-0.3, -0.25) is 9.89 Å². The van der Waals surface area contributed by atoms with E-state index in [1.54, 1.807) is 14.2 Å². The third-order valence-electron chi connectivity index (χ3n) is 5.67. The maximum absolute atomic E-state index is 6.12. The van der Waals surface area contributed by atoms with Gasteiger partial charge in [0.25, 0.3) is 0 Å². The van der Waals surface area contributed by atoms with Crippen LogP contribution in [-0.2, 0) is 6.42 Å². The van der Waals surface area contributed by atoms with Crippen molar-refractivity contribution in [3.8, 4) is 11.5 Å². The Hall–Kier alpha value is -1.22. The van der Waals surface area contributed by atoms with Crippen molar-refractivity contribution in [3.05, 3.63) is 23.8 Å². The zero-order chi connectivity index (χ0) is 20.5. The Morgan fingerprint density at radius 1 is 1.21 bits per heavy atom. The molecule has 1 aromatic carbocycles. The number of rotatable bonds is 9. The van der Waals surface area contributed by atoms with Gasteiger partial charge in [-0.05, 0) is 61.9 Å². The zero-order valence-electron chi connectivity index (χ0n) is 18.6. The number of nitrogens with zero attached hydrogens (tertiary/aromatic N) is 2. The van der Waals surface area contributed by atoms with E-state index in [-0.39, 0.29) is 24.0 Å². The number of nitrogens with two attached hydrogens (primary N) is 1. The first-order chi connectivity index (χ1) is 13.4. The highest BCUT2D eigenvalue weighted by Gasteiger charge is 2.25. The summed E-state index contributed by atoms with van der Waals surface area (Å²) in [5, 5.41) is 3.24. The first-order valence-electron chi connectivity index (χ1n) is 10.4. The molecule has 1 saturated heterocycles. The summed E-state index contributed by atoms with van der Waals surface area (Å²) in [4.78, 5) is 7.22. The van der Waals surface area contributed by atoms with Gasteiger partial charge in [-0.15, -0.1) is 24.0 Å². The fourth-order valence-corrected chi connectivity index (χ4v) is 3.73. The molecule has 1 aliphatic heterocycles. The van der Waals surface area contributed by atoms with Crippen LogP contribution in [0.3, 0.4) is 0 Å². The van der Waals surface area contributed by atoms with Crippen LogP contribution >= 0.6 is 24.0 Å². The predicted octanol–water partition coefficient (Wildman–Crippen LogP) is 3.53. The van der Waals surface area contributed by atoms with E-state index in [9.17, 15) is 0 Å². The van der Waals surface area contributed by atoms with Crippen LogP contribution in [0.4, 0.5) is 0 Å². The molecular weight excluding hydrogens is 479 g/mol. The Morgan fingerprint density at radius 2 is 1.86 bits per heavy atom. The second kappa shape index (κ2) is 13.2. The molecule has 7 heteroatoms. The third-order valence-corrected chi connectivity index (χ3v) is 5.67. The summed E-state index contributed by atoms with van der Waals surface area (Å²) in [6.07, 6.45) is 3.41. The standard InChI is InChI=1S/C22H38N4O2.HI/c1-16(2)19(26-12-9-17(3)10-13-26)15-25-22(23)24-11-8-18-6-7-20(27-4)21(14-18)28-5;/h6-7,14,16-17,19H,8-13,15H2,1-5H3,(H3,23,24,25);1H. The molecule has 0 amide bonds. The molecule has 1 fully saturated rings. The van der Waals surface area contributed by atoms with E-state index < -0.39 is 0 Å². The molecule has 29 heavy (non-hydrogen) atoms. The second-order valence-electron chi connectivity index (χ2n) is 8.12. The Bertz CT molecular complexity index is 631. The number of likely N-dealkylation sites (tertiary alicyclic amines) is 1. The summed E-state index contributed by atoms with van der Waals surface area (Å²) in [6, 6.07) is 6.43. The Morgan fingerprint density at radius 3 is 2.45 bits per heavy atom. The average Bonchev–Trinajstić information content (AvgIpc) is 2.69. The maximum atomic E-state index is 6.12. The number of piperidine rings is 1. The summed E-state index contributed by atoms with van der Waals surface area (Å²) >= 11 is 0. The van der Waals surface area contributed by atoms with Crippen LogP contribution in [0.2, 0.25) is 0 Å². The lowest BCUT2D eigenvalue weighted by Gasteiger charge is -2.38. The SMILES string of the molecule is COc1ccc(CCNC(N)=NCC(C(C)C)N2CCC(C)CC2)cc1OC.I. The van der Waals surface area contributed by atoms with Gasteiger partial charge in [-0.25, -0.2) is 0 Å². The lowest BCUT2D eigenvalue weighted by molar-refractivity contribution is 0.113. The van der Waals surface area contributed by atoms with E-state index in [1.165, 1.54) is 31.5 Å². The fraction of sp³-hybridized carbons (Fsp3) is 0.682. The molecule has 0 aromatic heterocycles. The quantitative estimate of drug-likeness (QED) is 0.298. The molecule has 3 N–H and O–H groups in total. The Balaban J connectivity index is 0.00000420. The van der Waals surface area contributed by atoms with E-state index in [0.717, 1.165) is 36.9 Å². The van der Waals surface area contributed by atoms with Gasteiger partial charge < -0.3 is 20.5 Å². The normalized spacial score (nSPS) is 17.0. The number of hydrogen-bond donors (Lipinski definition) is 2. The summed E-state index contributed by atoms with van der Waals surface area (Å²) in [6.45, 7) is 10.7. The lowest BCUT2D eigenvalue weighted by atomic mass is 9.94. The van der Waals surface area contributed by atoms with Gasteiger partial charge in [0.2, 0.25) is 0 Å². The number of halogens is 1. The first kappa shape index (κ1) is 25.8. The number of methoxy groups -OCH3 is 2. The van der Waals surface area contributed by atoms with Crippen molar-refractivity contribution < 1.29 is 9.47 Å². The van der Waals surface area contributed by atoms with Crippen molar-refractivity contribution in [2.45, 2.75) is 46.1 Å². The maximum Gasteiger partial charge on any atom is 0.188 e. The van der Waals surface area contributed by atoms with Crippen molar-refractivity contribution in [1.82, 2.24) is 10.2 Å². The first-order valence-corrected chi connectivity index (χ1v) is 10.4. The van der Waals surface area contributed by atoms with Crippen molar-refractivity contribution in [2.24, 2.45) is 22.6 Å². The van der Waals surface area contributed by atoms with Gasteiger partial charge >= 0.3 is 0 Å². The minimum absolute atomic E-state index is 0. The van der Waals surface area contributed by atoms with Crippen LogP contribution in [-0.4, -0.2) is 57.3 Å². The Labute approximate surface area is 193 Å².